The number of hydrogen-bond donors (Lipinski definition) is 0. The van der Waals surface area contributed by atoms with Crippen molar-refractivity contribution in [3.05, 3.63) is 41.5 Å². The van der Waals surface area contributed by atoms with Crippen molar-refractivity contribution in [2.45, 2.75) is 20.0 Å². The molecule has 0 aliphatic carbocycles. The lowest BCUT2D eigenvalue weighted by molar-refractivity contribution is -0.137. The lowest BCUT2D eigenvalue weighted by Gasteiger charge is -2.10. The Bertz CT molecular complexity index is 361. The number of allylic oxidation sites excluding steroid dienone is 1. The fraction of sp³-hybridized carbons (Fsp3) is 0.273. The minimum atomic E-state index is -4.27. The van der Waals surface area contributed by atoms with E-state index in [9.17, 15) is 13.2 Å². The van der Waals surface area contributed by atoms with E-state index >= 15 is 0 Å². The summed E-state index contributed by atoms with van der Waals surface area (Å²) >= 11 is 0. The second-order valence-corrected chi connectivity index (χ2v) is 3.31. The summed E-state index contributed by atoms with van der Waals surface area (Å²) in [6, 6.07) is 3.68. The largest absolute Gasteiger partial charge is 0.416 e. The van der Waals surface area contributed by atoms with Crippen molar-refractivity contribution in [3.8, 4) is 0 Å². The molecule has 0 fully saturated rings. The molecule has 0 atom stereocenters. The zero-order valence-corrected chi connectivity index (χ0v) is 8.07. The Morgan fingerprint density at radius 3 is 2.21 bits per heavy atom. The van der Waals surface area contributed by atoms with Gasteiger partial charge in [-0.15, -0.1) is 0 Å². The van der Waals surface area contributed by atoms with Crippen molar-refractivity contribution in [1.29, 1.82) is 0 Å². The first-order chi connectivity index (χ1) is 6.32. The van der Waals surface area contributed by atoms with Crippen molar-refractivity contribution in [3.63, 3.8) is 0 Å². The summed E-state index contributed by atoms with van der Waals surface area (Å²) in [5.41, 5.74) is 1.54. The van der Waals surface area contributed by atoms with E-state index in [-0.39, 0.29) is 0 Å². The third kappa shape index (κ3) is 2.16. The van der Waals surface area contributed by atoms with Gasteiger partial charge in [-0.3, -0.25) is 0 Å². The van der Waals surface area contributed by atoms with Crippen LogP contribution >= 0.6 is 0 Å². The van der Waals surface area contributed by atoms with Crippen LogP contribution in [0.2, 0.25) is 0 Å². The first kappa shape index (κ1) is 10.8. The number of rotatable bonds is 1. The molecule has 1 aromatic carbocycles. The molecule has 0 heterocycles. The molecule has 0 aliphatic heterocycles. The Hall–Kier alpha value is -1.25. The molecule has 0 unspecified atom stereocenters. The maximum Gasteiger partial charge on any atom is 0.416 e. The van der Waals surface area contributed by atoms with Gasteiger partial charge in [0.2, 0.25) is 0 Å². The molecular weight excluding hydrogens is 189 g/mol. The number of aryl methyl sites for hydroxylation is 1. The maximum atomic E-state index is 12.3. The summed E-state index contributed by atoms with van der Waals surface area (Å²) in [6.45, 7) is 7.12. The minimum absolute atomic E-state index is 0.604. The molecule has 14 heavy (non-hydrogen) atoms. The van der Waals surface area contributed by atoms with E-state index < -0.39 is 11.7 Å². The van der Waals surface area contributed by atoms with Crippen LogP contribution in [0, 0.1) is 6.92 Å². The van der Waals surface area contributed by atoms with Gasteiger partial charge in [0.15, 0.2) is 0 Å². The summed E-state index contributed by atoms with van der Waals surface area (Å²) < 4.78 is 36.8. The predicted molar refractivity (Wildman–Crippen MR) is 50.9 cm³/mol. The normalized spacial score (nSPS) is 11.5. The SMILES string of the molecule is C=C(C)c1ccc(C(F)(F)F)cc1C. The van der Waals surface area contributed by atoms with E-state index in [4.69, 9.17) is 0 Å². The minimum Gasteiger partial charge on any atom is -0.166 e. The number of hydrogen-bond acceptors (Lipinski definition) is 0. The lowest BCUT2D eigenvalue weighted by Crippen LogP contribution is -2.05. The second-order valence-electron chi connectivity index (χ2n) is 3.31. The Morgan fingerprint density at radius 1 is 1.29 bits per heavy atom. The van der Waals surface area contributed by atoms with Crippen molar-refractivity contribution in [1.82, 2.24) is 0 Å². The zero-order valence-electron chi connectivity index (χ0n) is 8.07. The number of alkyl halides is 3. The van der Waals surface area contributed by atoms with Gasteiger partial charge in [0.05, 0.1) is 5.56 Å². The molecule has 3 heteroatoms. The van der Waals surface area contributed by atoms with Crippen LogP contribution in [-0.4, -0.2) is 0 Å². The second kappa shape index (κ2) is 3.48. The van der Waals surface area contributed by atoms with Crippen LogP contribution in [0.25, 0.3) is 5.57 Å². The van der Waals surface area contributed by atoms with Crippen LogP contribution in [0.3, 0.4) is 0 Å². The molecule has 76 valence electrons. The highest BCUT2D eigenvalue weighted by Crippen LogP contribution is 2.31. The molecule has 1 rings (SSSR count). The van der Waals surface area contributed by atoms with Gasteiger partial charge in [-0.2, -0.15) is 13.2 Å². The highest BCUT2D eigenvalue weighted by molar-refractivity contribution is 5.64. The molecule has 0 saturated carbocycles. The summed E-state index contributed by atoms with van der Waals surface area (Å²) in [7, 11) is 0. The first-order valence-electron chi connectivity index (χ1n) is 4.16. The van der Waals surface area contributed by atoms with Crippen LogP contribution in [0.1, 0.15) is 23.6 Å². The van der Waals surface area contributed by atoms with Crippen molar-refractivity contribution >= 4 is 5.57 Å². The smallest absolute Gasteiger partial charge is 0.166 e. The Morgan fingerprint density at radius 2 is 1.86 bits per heavy atom. The van der Waals surface area contributed by atoms with Gasteiger partial charge in [-0.1, -0.05) is 18.2 Å². The van der Waals surface area contributed by atoms with Crippen LogP contribution < -0.4 is 0 Å². The van der Waals surface area contributed by atoms with Gasteiger partial charge in [0.25, 0.3) is 0 Å². The molecular formula is C11H11F3. The Labute approximate surface area is 81.1 Å². The first-order valence-corrected chi connectivity index (χ1v) is 4.16. The van der Waals surface area contributed by atoms with Crippen molar-refractivity contribution in [2.24, 2.45) is 0 Å². The number of halogens is 3. The van der Waals surface area contributed by atoms with Gasteiger partial charge in [0.1, 0.15) is 0 Å². The summed E-state index contributed by atoms with van der Waals surface area (Å²) in [5.74, 6) is 0. The molecule has 0 nitrogen and oxygen atoms in total. The highest BCUT2D eigenvalue weighted by Gasteiger charge is 2.30. The van der Waals surface area contributed by atoms with E-state index in [0.717, 1.165) is 23.3 Å². The highest BCUT2D eigenvalue weighted by atomic mass is 19.4. The standard InChI is InChI=1S/C11H11F3/c1-7(2)10-5-4-9(6-8(10)3)11(12,13)14/h4-6H,1H2,2-3H3. The summed E-state index contributed by atoms with van der Waals surface area (Å²) in [4.78, 5) is 0. The Balaban J connectivity index is 3.20. The molecule has 0 aliphatic rings. The summed E-state index contributed by atoms with van der Waals surface area (Å²) in [5, 5.41) is 0. The van der Waals surface area contributed by atoms with Crippen molar-refractivity contribution < 1.29 is 13.2 Å². The third-order valence-electron chi connectivity index (χ3n) is 2.01. The van der Waals surface area contributed by atoms with Crippen LogP contribution in [0.5, 0.6) is 0 Å². The molecule has 0 aromatic heterocycles. The van der Waals surface area contributed by atoms with E-state index in [2.05, 4.69) is 6.58 Å². The average Bonchev–Trinajstić information content (AvgIpc) is 2.01. The topological polar surface area (TPSA) is 0 Å². The van der Waals surface area contributed by atoms with Crippen molar-refractivity contribution in [2.75, 3.05) is 0 Å². The van der Waals surface area contributed by atoms with Gasteiger partial charge in [-0.05, 0) is 37.1 Å². The summed E-state index contributed by atoms with van der Waals surface area (Å²) in [6.07, 6.45) is -4.27. The lowest BCUT2D eigenvalue weighted by atomic mass is 10.0. The van der Waals surface area contributed by atoms with E-state index in [1.54, 1.807) is 13.8 Å². The third-order valence-corrected chi connectivity index (χ3v) is 2.01. The van der Waals surface area contributed by atoms with Crippen LogP contribution in [-0.2, 0) is 6.18 Å². The monoisotopic (exact) mass is 200 g/mol. The molecule has 0 spiro atoms. The van der Waals surface area contributed by atoms with Gasteiger partial charge >= 0.3 is 6.18 Å². The molecule has 0 saturated heterocycles. The predicted octanol–water partition coefficient (Wildman–Crippen LogP) is 4.05. The fourth-order valence-electron chi connectivity index (χ4n) is 1.32. The van der Waals surface area contributed by atoms with Gasteiger partial charge in [-0.25, -0.2) is 0 Å². The van der Waals surface area contributed by atoms with E-state index in [1.807, 2.05) is 0 Å². The fourth-order valence-corrected chi connectivity index (χ4v) is 1.32. The molecule has 0 N–H and O–H groups in total. The molecule has 0 bridgehead atoms. The van der Waals surface area contributed by atoms with E-state index in [1.165, 1.54) is 6.07 Å². The quantitative estimate of drug-likeness (QED) is 0.641. The average molecular weight is 200 g/mol. The van der Waals surface area contributed by atoms with Crippen LogP contribution in [0.15, 0.2) is 24.8 Å². The van der Waals surface area contributed by atoms with Gasteiger partial charge in [0, 0.05) is 0 Å². The Kier molecular flexibility index (Phi) is 2.69. The maximum absolute atomic E-state index is 12.3. The van der Waals surface area contributed by atoms with Crippen LogP contribution in [0.4, 0.5) is 13.2 Å². The zero-order chi connectivity index (χ0) is 10.9. The molecule has 1 aromatic rings. The molecule has 0 radical (unpaired) electrons. The number of benzene rings is 1. The van der Waals surface area contributed by atoms with Gasteiger partial charge < -0.3 is 0 Å². The van der Waals surface area contributed by atoms with E-state index in [0.29, 0.717) is 5.56 Å². The molecule has 0 amide bonds.